The molecular formula is C24H37N5O7. The van der Waals surface area contributed by atoms with Crippen LogP contribution in [0, 0.1) is 0 Å². The zero-order valence-corrected chi connectivity index (χ0v) is 20.9. The maximum absolute atomic E-state index is 12.1. The molecule has 5 amide bonds. The minimum Gasteiger partial charge on any atom is -0.449 e. The molecule has 12 nitrogen and oxygen atoms in total. The predicted octanol–water partition coefficient (Wildman–Crippen LogP) is 0.469. The Bertz CT molecular complexity index is 846. The molecule has 0 aliphatic heterocycles. The number of carbonyl (C=O) groups is 5. The highest BCUT2D eigenvalue weighted by atomic mass is 16.5. The highest BCUT2D eigenvalue weighted by molar-refractivity contribution is 6.03. The fraction of sp³-hybridized carbons (Fsp3) is 0.542. The normalized spacial score (nSPS) is 10.2. The number of carbonyl (C=O) groups excluding carboxylic acids is 5. The molecule has 0 aliphatic rings. The van der Waals surface area contributed by atoms with Gasteiger partial charge in [-0.3, -0.25) is 19.2 Å². The minimum atomic E-state index is -0.466. The molecule has 0 atom stereocenters. The summed E-state index contributed by atoms with van der Waals surface area (Å²) in [7, 11) is 1.53. The number of hydrogen-bond donors (Lipinski definition) is 5. The van der Waals surface area contributed by atoms with Crippen molar-refractivity contribution in [2.45, 2.75) is 39.0 Å². The Morgan fingerprint density at radius 2 is 1.50 bits per heavy atom. The smallest absolute Gasteiger partial charge is 0.407 e. The van der Waals surface area contributed by atoms with Crippen LogP contribution >= 0.6 is 0 Å². The second kappa shape index (κ2) is 18.6. The molecule has 0 radical (unpaired) electrons. The van der Waals surface area contributed by atoms with Gasteiger partial charge in [0.1, 0.15) is 6.42 Å². The number of alkyl carbamates (subject to hydrolysis) is 1. The van der Waals surface area contributed by atoms with Crippen molar-refractivity contribution < 1.29 is 33.4 Å². The molecule has 0 aromatic heterocycles. The summed E-state index contributed by atoms with van der Waals surface area (Å²) in [5, 5.41) is 13.0. The van der Waals surface area contributed by atoms with Crippen molar-refractivity contribution in [3.63, 3.8) is 0 Å². The van der Waals surface area contributed by atoms with E-state index in [2.05, 4.69) is 26.6 Å². The Morgan fingerprint density at radius 3 is 2.19 bits per heavy atom. The summed E-state index contributed by atoms with van der Waals surface area (Å²) in [5.41, 5.74) is 1.25. The first-order chi connectivity index (χ1) is 17.3. The molecule has 36 heavy (non-hydrogen) atoms. The third-order valence-electron chi connectivity index (χ3n) is 4.63. The summed E-state index contributed by atoms with van der Waals surface area (Å²) in [6.07, 6.45) is 0.950. The molecule has 0 aliphatic carbocycles. The van der Waals surface area contributed by atoms with Gasteiger partial charge < -0.3 is 36.1 Å². The largest absolute Gasteiger partial charge is 0.449 e. The first kappa shape index (κ1) is 30.4. The number of anilines is 1. The van der Waals surface area contributed by atoms with Crippen LogP contribution in [0.15, 0.2) is 24.3 Å². The average molecular weight is 508 g/mol. The van der Waals surface area contributed by atoms with Crippen molar-refractivity contribution >= 4 is 35.4 Å². The van der Waals surface area contributed by atoms with Gasteiger partial charge in [-0.15, -0.1) is 0 Å². The van der Waals surface area contributed by atoms with Gasteiger partial charge in [0, 0.05) is 51.8 Å². The SMILES string of the molecule is CCCNC(=O)OCCCOCCNC(=O)CC(=O)Nc1ccc(CC(=O)NCCC(=O)NC)cc1. The molecule has 0 unspecified atom stereocenters. The number of amides is 5. The van der Waals surface area contributed by atoms with Crippen LogP contribution in [0.4, 0.5) is 10.5 Å². The Balaban J connectivity index is 2.14. The highest BCUT2D eigenvalue weighted by Gasteiger charge is 2.10. The van der Waals surface area contributed by atoms with Crippen LogP contribution in [-0.2, 0) is 35.1 Å². The summed E-state index contributed by atoms with van der Waals surface area (Å²) >= 11 is 0. The molecule has 1 aromatic carbocycles. The predicted molar refractivity (Wildman–Crippen MR) is 133 cm³/mol. The first-order valence-electron chi connectivity index (χ1n) is 11.9. The van der Waals surface area contributed by atoms with Gasteiger partial charge in [-0.05, 0) is 24.1 Å². The van der Waals surface area contributed by atoms with E-state index in [-0.39, 0.29) is 57.4 Å². The molecule has 200 valence electrons. The van der Waals surface area contributed by atoms with E-state index in [1.54, 1.807) is 24.3 Å². The summed E-state index contributed by atoms with van der Waals surface area (Å²) < 4.78 is 10.3. The standard InChI is InChI=1S/C24H37N5O7/c1-3-10-28-24(34)36-14-4-13-35-15-12-27-22(32)17-23(33)29-19-7-5-18(6-8-19)16-21(31)26-11-9-20(30)25-2/h5-8H,3-4,9-17H2,1-2H3,(H,25,30)(H,26,31)(H,27,32)(H,28,34)(H,29,33). The zero-order chi connectivity index (χ0) is 26.6. The van der Waals surface area contributed by atoms with E-state index >= 15 is 0 Å². The molecule has 0 heterocycles. The van der Waals surface area contributed by atoms with Crippen LogP contribution in [-0.4, -0.2) is 76.2 Å². The topological polar surface area (TPSA) is 164 Å². The lowest BCUT2D eigenvalue weighted by Gasteiger charge is -2.09. The number of rotatable bonds is 17. The molecule has 12 heteroatoms. The molecule has 1 rings (SSSR count). The van der Waals surface area contributed by atoms with Crippen molar-refractivity contribution in [1.82, 2.24) is 21.3 Å². The van der Waals surface area contributed by atoms with E-state index in [9.17, 15) is 24.0 Å². The second-order valence-corrected chi connectivity index (χ2v) is 7.75. The van der Waals surface area contributed by atoms with Gasteiger partial charge in [0.15, 0.2) is 0 Å². The Hall–Kier alpha value is -3.67. The molecule has 0 saturated heterocycles. The van der Waals surface area contributed by atoms with Gasteiger partial charge in [0.25, 0.3) is 0 Å². The molecule has 0 saturated carbocycles. The van der Waals surface area contributed by atoms with E-state index in [0.29, 0.717) is 25.3 Å². The van der Waals surface area contributed by atoms with Gasteiger partial charge in [0.2, 0.25) is 23.6 Å². The fourth-order valence-corrected chi connectivity index (χ4v) is 2.78. The summed E-state index contributed by atoms with van der Waals surface area (Å²) in [4.78, 5) is 58.3. The van der Waals surface area contributed by atoms with Crippen molar-refractivity contribution in [3.05, 3.63) is 29.8 Å². The second-order valence-electron chi connectivity index (χ2n) is 7.75. The first-order valence-corrected chi connectivity index (χ1v) is 11.9. The fourth-order valence-electron chi connectivity index (χ4n) is 2.78. The van der Waals surface area contributed by atoms with Crippen LogP contribution in [0.5, 0.6) is 0 Å². The van der Waals surface area contributed by atoms with Gasteiger partial charge >= 0.3 is 6.09 Å². The van der Waals surface area contributed by atoms with Gasteiger partial charge in [-0.2, -0.15) is 0 Å². The van der Waals surface area contributed by atoms with Crippen molar-refractivity contribution in [1.29, 1.82) is 0 Å². The van der Waals surface area contributed by atoms with Crippen LogP contribution in [0.1, 0.15) is 38.2 Å². The molecule has 1 aromatic rings. The lowest BCUT2D eigenvalue weighted by atomic mass is 10.1. The minimum absolute atomic E-state index is 0.147. The lowest BCUT2D eigenvalue weighted by Crippen LogP contribution is -2.31. The van der Waals surface area contributed by atoms with Crippen LogP contribution < -0.4 is 26.6 Å². The monoisotopic (exact) mass is 507 g/mol. The summed E-state index contributed by atoms with van der Waals surface area (Å²) in [5.74, 6) is -1.26. The molecule has 0 fully saturated rings. The van der Waals surface area contributed by atoms with E-state index < -0.39 is 17.9 Å². The lowest BCUT2D eigenvalue weighted by molar-refractivity contribution is -0.127. The number of ether oxygens (including phenoxy) is 2. The molecule has 5 N–H and O–H groups in total. The van der Waals surface area contributed by atoms with Crippen LogP contribution in [0.3, 0.4) is 0 Å². The van der Waals surface area contributed by atoms with Crippen molar-refractivity contribution in [3.8, 4) is 0 Å². The van der Waals surface area contributed by atoms with E-state index in [1.165, 1.54) is 7.05 Å². The van der Waals surface area contributed by atoms with Crippen molar-refractivity contribution in [2.24, 2.45) is 0 Å². The molecule has 0 bridgehead atoms. The number of hydrogen-bond acceptors (Lipinski definition) is 7. The van der Waals surface area contributed by atoms with Crippen LogP contribution in [0.25, 0.3) is 0 Å². The van der Waals surface area contributed by atoms with E-state index in [4.69, 9.17) is 9.47 Å². The molecule has 0 spiro atoms. The van der Waals surface area contributed by atoms with Crippen molar-refractivity contribution in [2.75, 3.05) is 51.8 Å². The third-order valence-corrected chi connectivity index (χ3v) is 4.63. The third kappa shape index (κ3) is 15.3. The van der Waals surface area contributed by atoms with Gasteiger partial charge in [-0.25, -0.2) is 4.79 Å². The Morgan fingerprint density at radius 1 is 0.778 bits per heavy atom. The summed E-state index contributed by atoms with van der Waals surface area (Å²) in [6, 6.07) is 6.70. The highest BCUT2D eigenvalue weighted by Crippen LogP contribution is 2.10. The number of benzene rings is 1. The maximum Gasteiger partial charge on any atom is 0.407 e. The van der Waals surface area contributed by atoms with Gasteiger partial charge in [0.05, 0.1) is 19.6 Å². The number of nitrogens with one attached hydrogen (secondary N) is 5. The van der Waals surface area contributed by atoms with E-state index in [1.807, 2.05) is 6.92 Å². The zero-order valence-electron chi connectivity index (χ0n) is 20.9. The van der Waals surface area contributed by atoms with Crippen LogP contribution in [0.2, 0.25) is 0 Å². The quantitative estimate of drug-likeness (QED) is 0.151. The average Bonchev–Trinajstić information content (AvgIpc) is 2.85. The Labute approximate surface area is 211 Å². The maximum atomic E-state index is 12.1. The summed E-state index contributed by atoms with van der Waals surface area (Å²) in [6.45, 7) is 3.93. The van der Waals surface area contributed by atoms with Gasteiger partial charge in [-0.1, -0.05) is 19.1 Å². The molecular weight excluding hydrogens is 470 g/mol. The van der Waals surface area contributed by atoms with E-state index in [0.717, 1.165) is 12.0 Å². The Kier molecular flexibility index (Phi) is 15.7.